The number of rotatable bonds is 2. The minimum atomic E-state index is 0.796. The number of pyridine rings is 1. The van der Waals surface area contributed by atoms with Crippen LogP contribution in [0.5, 0.6) is 0 Å². The SMILES string of the molecule is C=C(c1ccncc1)N1CCOCC1. The zero-order valence-electron chi connectivity index (χ0n) is 8.15. The molecule has 2 rings (SSSR count). The van der Waals surface area contributed by atoms with Crippen LogP contribution in [-0.2, 0) is 4.74 Å². The zero-order chi connectivity index (χ0) is 9.80. The molecule has 1 fully saturated rings. The first-order valence-electron chi connectivity index (χ1n) is 4.80. The van der Waals surface area contributed by atoms with Gasteiger partial charge in [0.25, 0.3) is 0 Å². The van der Waals surface area contributed by atoms with Gasteiger partial charge in [-0.2, -0.15) is 0 Å². The van der Waals surface area contributed by atoms with Crippen LogP contribution in [0.1, 0.15) is 5.56 Å². The highest BCUT2D eigenvalue weighted by molar-refractivity contribution is 5.61. The lowest BCUT2D eigenvalue weighted by molar-refractivity contribution is 0.0641. The maximum Gasteiger partial charge on any atom is 0.0642 e. The molecule has 3 nitrogen and oxygen atoms in total. The summed E-state index contributed by atoms with van der Waals surface area (Å²) in [5.41, 5.74) is 2.21. The lowest BCUT2D eigenvalue weighted by atomic mass is 10.2. The Hall–Kier alpha value is -1.35. The third-order valence-electron chi connectivity index (χ3n) is 2.41. The van der Waals surface area contributed by atoms with E-state index in [0.717, 1.165) is 37.6 Å². The van der Waals surface area contributed by atoms with Crippen molar-refractivity contribution in [3.63, 3.8) is 0 Å². The number of nitrogens with zero attached hydrogens (tertiary/aromatic N) is 2. The normalized spacial score (nSPS) is 16.7. The Kier molecular flexibility index (Phi) is 2.79. The molecule has 0 N–H and O–H groups in total. The summed E-state index contributed by atoms with van der Waals surface area (Å²) in [6, 6.07) is 3.97. The van der Waals surface area contributed by atoms with E-state index in [0.29, 0.717) is 0 Å². The van der Waals surface area contributed by atoms with Crippen molar-refractivity contribution in [1.82, 2.24) is 9.88 Å². The van der Waals surface area contributed by atoms with Gasteiger partial charge >= 0.3 is 0 Å². The first-order chi connectivity index (χ1) is 6.88. The Bertz CT molecular complexity index is 304. The zero-order valence-corrected chi connectivity index (χ0v) is 8.15. The van der Waals surface area contributed by atoms with E-state index in [2.05, 4.69) is 16.5 Å². The summed E-state index contributed by atoms with van der Waals surface area (Å²) in [5, 5.41) is 0. The molecule has 3 heteroatoms. The maximum atomic E-state index is 5.29. The molecule has 0 radical (unpaired) electrons. The second-order valence-electron chi connectivity index (χ2n) is 3.28. The number of morpholine rings is 1. The van der Waals surface area contributed by atoms with E-state index in [1.54, 1.807) is 12.4 Å². The molecule has 2 heterocycles. The van der Waals surface area contributed by atoms with Crippen LogP contribution >= 0.6 is 0 Å². The summed E-state index contributed by atoms with van der Waals surface area (Å²) in [6.45, 7) is 7.55. The van der Waals surface area contributed by atoms with E-state index in [1.807, 2.05) is 12.1 Å². The molecule has 0 bridgehead atoms. The van der Waals surface area contributed by atoms with Gasteiger partial charge in [-0.25, -0.2) is 0 Å². The molecule has 74 valence electrons. The van der Waals surface area contributed by atoms with E-state index >= 15 is 0 Å². The minimum absolute atomic E-state index is 0.796. The van der Waals surface area contributed by atoms with Gasteiger partial charge < -0.3 is 9.64 Å². The summed E-state index contributed by atoms with van der Waals surface area (Å²) in [4.78, 5) is 6.24. The monoisotopic (exact) mass is 190 g/mol. The number of aromatic nitrogens is 1. The topological polar surface area (TPSA) is 25.4 Å². The largest absolute Gasteiger partial charge is 0.378 e. The summed E-state index contributed by atoms with van der Waals surface area (Å²) >= 11 is 0. The van der Waals surface area contributed by atoms with Crippen LogP contribution in [0.3, 0.4) is 0 Å². The fourth-order valence-corrected chi connectivity index (χ4v) is 1.56. The van der Waals surface area contributed by atoms with Crippen molar-refractivity contribution in [1.29, 1.82) is 0 Å². The first kappa shape index (κ1) is 9.21. The second-order valence-corrected chi connectivity index (χ2v) is 3.28. The molecule has 14 heavy (non-hydrogen) atoms. The molecular weight excluding hydrogens is 176 g/mol. The molecule has 0 amide bonds. The average molecular weight is 190 g/mol. The van der Waals surface area contributed by atoms with Gasteiger partial charge in [0.15, 0.2) is 0 Å². The molecule has 1 aliphatic heterocycles. The van der Waals surface area contributed by atoms with Crippen LogP contribution in [0.2, 0.25) is 0 Å². The highest BCUT2D eigenvalue weighted by Crippen LogP contribution is 2.16. The average Bonchev–Trinajstić information content (AvgIpc) is 2.30. The van der Waals surface area contributed by atoms with Crippen LogP contribution in [0.25, 0.3) is 5.70 Å². The third kappa shape index (κ3) is 1.93. The molecule has 0 aliphatic carbocycles. The molecule has 0 aromatic carbocycles. The van der Waals surface area contributed by atoms with Crippen molar-refractivity contribution in [3.8, 4) is 0 Å². The van der Waals surface area contributed by atoms with Crippen molar-refractivity contribution < 1.29 is 4.74 Å². The lowest BCUT2D eigenvalue weighted by Gasteiger charge is -2.30. The Morgan fingerprint density at radius 3 is 2.57 bits per heavy atom. The summed E-state index contributed by atoms with van der Waals surface area (Å²) in [5.74, 6) is 0. The molecule has 0 atom stereocenters. The van der Waals surface area contributed by atoms with Gasteiger partial charge in [-0.3, -0.25) is 4.98 Å². The molecular formula is C11H14N2O. The molecule has 1 saturated heterocycles. The predicted octanol–water partition coefficient (Wildman–Crippen LogP) is 1.38. The Morgan fingerprint density at radius 2 is 1.93 bits per heavy atom. The van der Waals surface area contributed by atoms with Crippen molar-refractivity contribution in [3.05, 3.63) is 36.7 Å². The second kappa shape index (κ2) is 4.24. The number of hydrogen-bond donors (Lipinski definition) is 0. The van der Waals surface area contributed by atoms with Crippen molar-refractivity contribution in [2.24, 2.45) is 0 Å². The van der Waals surface area contributed by atoms with Gasteiger partial charge in [-0.1, -0.05) is 6.58 Å². The van der Waals surface area contributed by atoms with Crippen molar-refractivity contribution in [2.45, 2.75) is 0 Å². The summed E-state index contributed by atoms with van der Waals surface area (Å²) in [6.07, 6.45) is 3.59. The van der Waals surface area contributed by atoms with E-state index in [1.165, 1.54) is 0 Å². The highest BCUT2D eigenvalue weighted by Gasteiger charge is 2.12. The molecule has 0 unspecified atom stereocenters. The fourth-order valence-electron chi connectivity index (χ4n) is 1.56. The quantitative estimate of drug-likeness (QED) is 0.704. The van der Waals surface area contributed by atoms with Crippen molar-refractivity contribution >= 4 is 5.70 Å². The lowest BCUT2D eigenvalue weighted by Crippen LogP contribution is -2.34. The van der Waals surface area contributed by atoms with Gasteiger partial charge in [0, 0.05) is 36.7 Å². The van der Waals surface area contributed by atoms with Crippen molar-refractivity contribution in [2.75, 3.05) is 26.3 Å². The van der Waals surface area contributed by atoms with Gasteiger partial charge in [0.05, 0.1) is 13.2 Å². The van der Waals surface area contributed by atoms with E-state index in [9.17, 15) is 0 Å². The van der Waals surface area contributed by atoms with Crippen LogP contribution in [-0.4, -0.2) is 36.2 Å². The van der Waals surface area contributed by atoms with Crippen LogP contribution < -0.4 is 0 Å². The van der Waals surface area contributed by atoms with Gasteiger partial charge in [-0.05, 0) is 12.1 Å². The minimum Gasteiger partial charge on any atom is -0.378 e. The van der Waals surface area contributed by atoms with Crippen LogP contribution in [0.15, 0.2) is 31.1 Å². The summed E-state index contributed by atoms with van der Waals surface area (Å²) < 4.78 is 5.29. The predicted molar refractivity (Wildman–Crippen MR) is 55.7 cm³/mol. The molecule has 1 aromatic heterocycles. The fraction of sp³-hybridized carbons (Fsp3) is 0.364. The Balaban J connectivity index is 2.07. The number of ether oxygens (including phenoxy) is 1. The molecule has 0 spiro atoms. The molecule has 0 saturated carbocycles. The number of hydrogen-bond acceptors (Lipinski definition) is 3. The van der Waals surface area contributed by atoms with Gasteiger partial charge in [0.2, 0.25) is 0 Å². The van der Waals surface area contributed by atoms with E-state index < -0.39 is 0 Å². The smallest absolute Gasteiger partial charge is 0.0642 e. The summed E-state index contributed by atoms with van der Waals surface area (Å²) in [7, 11) is 0. The van der Waals surface area contributed by atoms with E-state index in [-0.39, 0.29) is 0 Å². The van der Waals surface area contributed by atoms with Gasteiger partial charge in [-0.15, -0.1) is 0 Å². The Morgan fingerprint density at radius 1 is 1.29 bits per heavy atom. The Labute approximate surface area is 84.0 Å². The first-order valence-corrected chi connectivity index (χ1v) is 4.80. The maximum absolute atomic E-state index is 5.29. The standard InChI is InChI=1S/C11H14N2O/c1-10(11-2-4-12-5-3-11)13-6-8-14-9-7-13/h2-5H,1,6-9H2. The van der Waals surface area contributed by atoms with Crippen LogP contribution in [0, 0.1) is 0 Å². The molecule has 1 aromatic rings. The molecule has 1 aliphatic rings. The van der Waals surface area contributed by atoms with E-state index in [4.69, 9.17) is 4.74 Å². The van der Waals surface area contributed by atoms with Crippen LogP contribution in [0.4, 0.5) is 0 Å². The van der Waals surface area contributed by atoms with Gasteiger partial charge in [0.1, 0.15) is 0 Å². The third-order valence-corrected chi connectivity index (χ3v) is 2.41. The highest BCUT2D eigenvalue weighted by atomic mass is 16.5.